The number of hydrogen-bond donors (Lipinski definition) is 1. The first-order valence-corrected chi connectivity index (χ1v) is 9.69. The molecule has 1 aliphatic carbocycles. The molecular formula is C23H20ClFN2O. The topological polar surface area (TPSA) is 42.0 Å². The summed E-state index contributed by atoms with van der Waals surface area (Å²) in [6.07, 6.45) is 3.76. The molecule has 142 valence electrons. The highest BCUT2D eigenvalue weighted by Gasteiger charge is 2.41. The van der Waals surface area contributed by atoms with Gasteiger partial charge in [0.25, 0.3) is 0 Å². The van der Waals surface area contributed by atoms with Gasteiger partial charge in [0.2, 0.25) is 5.91 Å². The lowest BCUT2D eigenvalue weighted by Gasteiger charge is -2.35. The standard InChI is InChI=1S/C23H20ClFN2O/c24-19-11-12-21(26-15-19)23(27-22(28)17-9-10-17,14-16-5-2-1-3-6-16)18-7-4-8-20(25)13-18/h1-8,11-13,15,17H,9-10,14H2,(H,27,28). The molecular weight excluding hydrogens is 375 g/mol. The van der Waals surface area contributed by atoms with E-state index in [2.05, 4.69) is 10.3 Å². The van der Waals surface area contributed by atoms with Gasteiger partial charge in [-0.1, -0.05) is 54.1 Å². The van der Waals surface area contributed by atoms with Gasteiger partial charge in [0.15, 0.2) is 0 Å². The number of carbonyl (C=O) groups is 1. The van der Waals surface area contributed by atoms with Crippen molar-refractivity contribution in [1.82, 2.24) is 10.3 Å². The molecule has 4 rings (SSSR count). The molecule has 28 heavy (non-hydrogen) atoms. The van der Waals surface area contributed by atoms with E-state index in [1.54, 1.807) is 24.4 Å². The second-order valence-corrected chi connectivity index (χ2v) is 7.64. The van der Waals surface area contributed by atoms with Crippen LogP contribution in [0.3, 0.4) is 0 Å². The first kappa shape index (κ1) is 18.6. The van der Waals surface area contributed by atoms with Crippen LogP contribution in [0.15, 0.2) is 72.9 Å². The molecule has 1 saturated carbocycles. The number of hydrogen-bond acceptors (Lipinski definition) is 2. The SMILES string of the molecule is O=C(NC(Cc1ccccc1)(c1cccc(F)c1)c1ccc(Cl)cn1)C1CC1. The molecule has 1 fully saturated rings. The summed E-state index contributed by atoms with van der Waals surface area (Å²) in [7, 11) is 0. The fourth-order valence-corrected chi connectivity index (χ4v) is 3.57. The van der Waals surface area contributed by atoms with Crippen LogP contribution in [0.4, 0.5) is 4.39 Å². The van der Waals surface area contributed by atoms with E-state index in [9.17, 15) is 9.18 Å². The minimum atomic E-state index is -0.992. The molecule has 1 unspecified atom stereocenters. The Morgan fingerprint density at radius 1 is 1.11 bits per heavy atom. The fraction of sp³-hybridized carbons (Fsp3) is 0.217. The number of carbonyl (C=O) groups excluding carboxylic acids is 1. The molecule has 1 atom stereocenters. The maximum atomic E-state index is 14.2. The Labute approximate surface area is 168 Å². The molecule has 0 saturated heterocycles. The van der Waals surface area contributed by atoms with E-state index >= 15 is 0 Å². The van der Waals surface area contributed by atoms with Gasteiger partial charge in [-0.05, 0) is 48.2 Å². The minimum absolute atomic E-state index is 0.0102. The fourth-order valence-electron chi connectivity index (χ4n) is 3.46. The zero-order valence-corrected chi connectivity index (χ0v) is 16.0. The molecule has 0 radical (unpaired) electrons. The summed E-state index contributed by atoms with van der Waals surface area (Å²) in [5, 5.41) is 3.71. The Hall–Kier alpha value is -2.72. The maximum Gasteiger partial charge on any atom is 0.224 e. The van der Waals surface area contributed by atoms with E-state index in [1.165, 1.54) is 12.1 Å². The summed E-state index contributed by atoms with van der Waals surface area (Å²) in [4.78, 5) is 17.4. The van der Waals surface area contributed by atoms with Gasteiger partial charge in [0, 0.05) is 18.5 Å². The molecule has 0 bridgehead atoms. The Bertz CT molecular complexity index is 973. The molecule has 5 heteroatoms. The smallest absolute Gasteiger partial charge is 0.224 e. The van der Waals surface area contributed by atoms with E-state index in [-0.39, 0.29) is 17.6 Å². The van der Waals surface area contributed by atoms with E-state index in [0.717, 1.165) is 18.4 Å². The molecule has 0 spiro atoms. The largest absolute Gasteiger partial charge is 0.340 e. The van der Waals surface area contributed by atoms with Crippen molar-refractivity contribution in [3.8, 4) is 0 Å². The zero-order chi connectivity index (χ0) is 19.6. The third-order valence-corrected chi connectivity index (χ3v) is 5.30. The van der Waals surface area contributed by atoms with Crippen molar-refractivity contribution >= 4 is 17.5 Å². The third-order valence-electron chi connectivity index (χ3n) is 5.08. The summed E-state index contributed by atoms with van der Waals surface area (Å²) in [5.41, 5.74) is 1.30. The first-order chi connectivity index (χ1) is 13.6. The summed E-state index contributed by atoms with van der Waals surface area (Å²) < 4.78 is 14.2. The highest BCUT2D eigenvalue weighted by Crippen LogP contribution is 2.36. The lowest BCUT2D eigenvalue weighted by atomic mass is 9.80. The highest BCUT2D eigenvalue weighted by molar-refractivity contribution is 6.30. The van der Waals surface area contributed by atoms with Crippen LogP contribution in [0.1, 0.15) is 29.7 Å². The van der Waals surface area contributed by atoms with Gasteiger partial charge in [-0.15, -0.1) is 0 Å². The lowest BCUT2D eigenvalue weighted by molar-refractivity contribution is -0.124. The average Bonchev–Trinajstić information content (AvgIpc) is 3.54. The van der Waals surface area contributed by atoms with Gasteiger partial charge >= 0.3 is 0 Å². The Morgan fingerprint density at radius 2 is 1.89 bits per heavy atom. The van der Waals surface area contributed by atoms with Gasteiger partial charge in [0.05, 0.1) is 10.7 Å². The quantitative estimate of drug-likeness (QED) is 0.647. The Morgan fingerprint density at radius 3 is 2.54 bits per heavy atom. The second kappa shape index (κ2) is 7.72. The zero-order valence-electron chi connectivity index (χ0n) is 15.2. The summed E-state index contributed by atoms with van der Waals surface area (Å²) >= 11 is 6.05. The predicted molar refractivity (Wildman–Crippen MR) is 107 cm³/mol. The molecule has 1 heterocycles. The van der Waals surface area contributed by atoms with Gasteiger partial charge < -0.3 is 5.32 Å². The van der Waals surface area contributed by atoms with Gasteiger partial charge in [0.1, 0.15) is 11.4 Å². The molecule has 1 amide bonds. The number of rotatable bonds is 6. The van der Waals surface area contributed by atoms with Crippen LogP contribution in [-0.4, -0.2) is 10.9 Å². The normalized spacial score (nSPS) is 15.6. The second-order valence-electron chi connectivity index (χ2n) is 7.20. The van der Waals surface area contributed by atoms with Gasteiger partial charge in [-0.3, -0.25) is 9.78 Å². The van der Waals surface area contributed by atoms with Crippen LogP contribution in [0, 0.1) is 11.7 Å². The van der Waals surface area contributed by atoms with Crippen molar-refractivity contribution in [3.63, 3.8) is 0 Å². The minimum Gasteiger partial charge on any atom is -0.340 e. The van der Waals surface area contributed by atoms with Crippen LogP contribution in [0.5, 0.6) is 0 Å². The molecule has 0 aliphatic heterocycles. The number of benzene rings is 2. The maximum absolute atomic E-state index is 14.2. The van der Waals surface area contributed by atoms with Crippen molar-refractivity contribution in [3.05, 3.63) is 101 Å². The van der Waals surface area contributed by atoms with Crippen molar-refractivity contribution in [1.29, 1.82) is 0 Å². The average molecular weight is 395 g/mol. The molecule has 2 aromatic carbocycles. The van der Waals surface area contributed by atoms with Crippen LogP contribution >= 0.6 is 11.6 Å². The van der Waals surface area contributed by atoms with Crippen molar-refractivity contribution in [2.24, 2.45) is 5.92 Å². The summed E-state index contributed by atoms with van der Waals surface area (Å²) in [5.74, 6) is -0.377. The van der Waals surface area contributed by atoms with Crippen molar-refractivity contribution < 1.29 is 9.18 Å². The number of nitrogens with one attached hydrogen (secondary N) is 1. The molecule has 1 N–H and O–H groups in total. The van der Waals surface area contributed by atoms with E-state index < -0.39 is 5.54 Å². The van der Waals surface area contributed by atoms with Crippen molar-refractivity contribution in [2.75, 3.05) is 0 Å². The number of halogens is 2. The third kappa shape index (κ3) is 3.92. The number of aromatic nitrogens is 1. The van der Waals surface area contributed by atoms with Crippen LogP contribution in [0.25, 0.3) is 0 Å². The van der Waals surface area contributed by atoms with Gasteiger partial charge in [-0.25, -0.2) is 4.39 Å². The highest BCUT2D eigenvalue weighted by atomic mass is 35.5. The Balaban J connectivity index is 1.88. The lowest BCUT2D eigenvalue weighted by Crippen LogP contribution is -2.49. The number of amides is 1. The van der Waals surface area contributed by atoms with Crippen LogP contribution in [0.2, 0.25) is 5.02 Å². The Kier molecular flexibility index (Phi) is 5.14. The van der Waals surface area contributed by atoms with Gasteiger partial charge in [-0.2, -0.15) is 0 Å². The number of pyridine rings is 1. The molecule has 1 aliphatic rings. The molecule has 3 aromatic rings. The predicted octanol–water partition coefficient (Wildman–Crippen LogP) is 4.89. The van der Waals surface area contributed by atoms with E-state index in [1.807, 2.05) is 36.4 Å². The van der Waals surface area contributed by atoms with E-state index in [0.29, 0.717) is 22.7 Å². The van der Waals surface area contributed by atoms with Crippen molar-refractivity contribution in [2.45, 2.75) is 24.8 Å². The summed E-state index contributed by atoms with van der Waals surface area (Å²) in [6, 6.07) is 19.7. The summed E-state index contributed by atoms with van der Waals surface area (Å²) in [6.45, 7) is 0. The van der Waals surface area contributed by atoms with Crippen LogP contribution < -0.4 is 5.32 Å². The molecule has 1 aromatic heterocycles. The number of nitrogens with zero attached hydrogens (tertiary/aromatic N) is 1. The monoisotopic (exact) mass is 394 g/mol. The molecule has 3 nitrogen and oxygen atoms in total. The first-order valence-electron chi connectivity index (χ1n) is 9.31. The van der Waals surface area contributed by atoms with Crippen LogP contribution in [-0.2, 0) is 16.8 Å². The van der Waals surface area contributed by atoms with E-state index in [4.69, 9.17) is 11.6 Å².